The number of benzene rings is 1. The van der Waals surface area contributed by atoms with Crippen molar-refractivity contribution in [2.24, 2.45) is 0 Å². The standard InChI is InChI=1S/C12H9N5/c1-2-4-11-10(3-1)12-14-7-15-17(12)6-9-5-13-8-16(9)11/h1-5,7-8H,6H2. The Morgan fingerprint density at radius 2 is 2.12 bits per heavy atom. The fourth-order valence-corrected chi connectivity index (χ4v) is 2.27. The van der Waals surface area contributed by atoms with Crippen molar-refractivity contribution in [3.63, 3.8) is 0 Å². The lowest BCUT2D eigenvalue weighted by Gasteiger charge is -2.06. The average molecular weight is 223 g/mol. The highest BCUT2D eigenvalue weighted by atomic mass is 15.3. The van der Waals surface area contributed by atoms with E-state index in [4.69, 9.17) is 0 Å². The summed E-state index contributed by atoms with van der Waals surface area (Å²) in [6, 6.07) is 8.17. The van der Waals surface area contributed by atoms with Gasteiger partial charge in [-0.3, -0.25) is 0 Å². The number of aromatic nitrogens is 5. The smallest absolute Gasteiger partial charge is 0.160 e. The summed E-state index contributed by atoms with van der Waals surface area (Å²) in [6.45, 7) is 0.698. The molecule has 0 radical (unpaired) electrons. The Kier molecular flexibility index (Phi) is 1.55. The number of para-hydroxylation sites is 1. The second-order valence-corrected chi connectivity index (χ2v) is 4.01. The van der Waals surface area contributed by atoms with Gasteiger partial charge in [-0.25, -0.2) is 14.6 Å². The third-order valence-electron chi connectivity index (χ3n) is 3.05. The SMILES string of the molecule is c1ccc2c(c1)-c1ncnn1Cc1cncn1-2. The Hall–Kier alpha value is -2.43. The lowest BCUT2D eigenvalue weighted by molar-refractivity contribution is 0.677. The maximum Gasteiger partial charge on any atom is 0.160 e. The molecule has 0 aliphatic carbocycles. The maximum absolute atomic E-state index is 4.34. The van der Waals surface area contributed by atoms with Gasteiger partial charge in [-0.2, -0.15) is 5.10 Å². The van der Waals surface area contributed by atoms with Crippen molar-refractivity contribution in [1.29, 1.82) is 0 Å². The normalized spacial score (nSPS) is 12.5. The summed E-state index contributed by atoms with van der Waals surface area (Å²) in [5.74, 6) is 0.907. The van der Waals surface area contributed by atoms with Gasteiger partial charge in [-0.05, 0) is 12.1 Å². The van der Waals surface area contributed by atoms with Crippen LogP contribution in [0.2, 0.25) is 0 Å². The van der Waals surface area contributed by atoms with Crippen molar-refractivity contribution in [2.75, 3.05) is 0 Å². The van der Waals surface area contributed by atoms with Crippen molar-refractivity contribution < 1.29 is 0 Å². The lowest BCUT2D eigenvalue weighted by Crippen LogP contribution is -2.03. The molecule has 5 heteroatoms. The molecule has 0 amide bonds. The minimum Gasteiger partial charge on any atom is -0.301 e. The first-order chi connectivity index (χ1) is 8.43. The number of fused-ring (bicyclic) bond motifs is 5. The van der Waals surface area contributed by atoms with E-state index in [1.165, 1.54) is 0 Å². The topological polar surface area (TPSA) is 48.5 Å². The molecule has 3 heterocycles. The van der Waals surface area contributed by atoms with Crippen LogP contribution >= 0.6 is 0 Å². The molecule has 1 aliphatic rings. The van der Waals surface area contributed by atoms with Gasteiger partial charge in [0.05, 0.1) is 30.5 Å². The summed E-state index contributed by atoms with van der Waals surface area (Å²) in [4.78, 5) is 8.54. The van der Waals surface area contributed by atoms with E-state index in [0.29, 0.717) is 6.54 Å². The van der Waals surface area contributed by atoms with Gasteiger partial charge >= 0.3 is 0 Å². The molecule has 0 saturated heterocycles. The summed E-state index contributed by atoms with van der Waals surface area (Å²) in [6.07, 6.45) is 5.30. The first-order valence-corrected chi connectivity index (χ1v) is 5.42. The molecule has 0 unspecified atom stereocenters. The first-order valence-electron chi connectivity index (χ1n) is 5.42. The fraction of sp³-hybridized carbons (Fsp3) is 0.0833. The van der Waals surface area contributed by atoms with E-state index >= 15 is 0 Å². The zero-order chi connectivity index (χ0) is 11.2. The summed E-state index contributed by atoms with van der Waals surface area (Å²) in [7, 11) is 0. The van der Waals surface area contributed by atoms with Crippen molar-refractivity contribution in [1.82, 2.24) is 24.3 Å². The Labute approximate surface area is 97.4 Å². The fourth-order valence-electron chi connectivity index (χ4n) is 2.27. The third kappa shape index (κ3) is 1.10. The molecule has 2 aromatic heterocycles. The molecule has 0 atom stereocenters. The highest BCUT2D eigenvalue weighted by Crippen LogP contribution is 2.29. The number of hydrogen-bond acceptors (Lipinski definition) is 3. The lowest BCUT2D eigenvalue weighted by atomic mass is 10.1. The highest BCUT2D eigenvalue weighted by molar-refractivity contribution is 5.68. The van der Waals surface area contributed by atoms with Crippen molar-refractivity contribution in [2.45, 2.75) is 6.54 Å². The Morgan fingerprint density at radius 1 is 1.18 bits per heavy atom. The van der Waals surface area contributed by atoms with E-state index < -0.39 is 0 Å². The van der Waals surface area contributed by atoms with Crippen LogP contribution in [0.4, 0.5) is 0 Å². The molecule has 3 aromatic rings. The largest absolute Gasteiger partial charge is 0.301 e. The molecule has 0 spiro atoms. The number of rotatable bonds is 0. The zero-order valence-electron chi connectivity index (χ0n) is 8.98. The van der Waals surface area contributed by atoms with Crippen LogP contribution in [0.3, 0.4) is 0 Å². The minimum atomic E-state index is 0.698. The number of nitrogens with zero attached hydrogens (tertiary/aromatic N) is 5. The van der Waals surface area contributed by atoms with Crippen molar-refractivity contribution >= 4 is 0 Å². The van der Waals surface area contributed by atoms with E-state index in [2.05, 4.69) is 31.8 Å². The monoisotopic (exact) mass is 223 g/mol. The zero-order valence-corrected chi connectivity index (χ0v) is 8.98. The van der Waals surface area contributed by atoms with E-state index in [1.807, 2.05) is 29.3 Å². The summed E-state index contributed by atoms with van der Waals surface area (Å²) in [5, 5.41) is 4.26. The van der Waals surface area contributed by atoms with E-state index in [9.17, 15) is 0 Å². The van der Waals surface area contributed by atoms with E-state index in [0.717, 1.165) is 22.8 Å². The average Bonchev–Trinajstić information content (AvgIpc) is 2.97. The number of hydrogen-bond donors (Lipinski definition) is 0. The molecule has 1 aliphatic heterocycles. The van der Waals surface area contributed by atoms with Crippen LogP contribution in [0.15, 0.2) is 43.1 Å². The van der Waals surface area contributed by atoms with Gasteiger partial charge in [0.25, 0.3) is 0 Å². The van der Waals surface area contributed by atoms with Crippen LogP contribution in [0.5, 0.6) is 0 Å². The van der Waals surface area contributed by atoms with Crippen LogP contribution in [-0.4, -0.2) is 24.3 Å². The second kappa shape index (κ2) is 3.04. The first kappa shape index (κ1) is 8.69. The molecular formula is C12H9N5. The van der Waals surface area contributed by atoms with Gasteiger partial charge in [-0.1, -0.05) is 12.1 Å². The van der Waals surface area contributed by atoms with Gasteiger partial charge < -0.3 is 4.57 Å². The summed E-state index contributed by atoms with van der Waals surface area (Å²) in [5.41, 5.74) is 3.30. The highest BCUT2D eigenvalue weighted by Gasteiger charge is 2.19. The van der Waals surface area contributed by atoms with Crippen LogP contribution < -0.4 is 0 Å². The predicted octanol–water partition coefficient (Wildman–Crippen LogP) is 1.49. The molecular weight excluding hydrogens is 214 g/mol. The van der Waals surface area contributed by atoms with E-state index in [1.54, 1.807) is 6.33 Å². The molecule has 17 heavy (non-hydrogen) atoms. The van der Waals surface area contributed by atoms with Crippen molar-refractivity contribution in [3.05, 3.63) is 48.8 Å². The van der Waals surface area contributed by atoms with Crippen LogP contribution in [0.25, 0.3) is 17.1 Å². The molecule has 0 saturated carbocycles. The third-order valence-corrected chi connectivity index (χ3v) is 3.05. The van der Waals surface area contributed by atoms with Crippen LogP contribution in [0.1, 0.15) is 5.69 Å². The van der Waals surface area contributed by atoms with E-state index in [-0.39, 0.29) is 0 Å². The van der Waals surface area contributed by atoms with Gasteiger partial charge in [0.2, 0.25) is 0 Å². The molecule has 5 nitrogen and oxygen atoms in total. The molecule has 0 bridgehead atoms. The predicted molar refractivity (Wildman–Crippen MR) is 61.7 cm³/mol. The molecule has 1 aromatic carbocycles. The Bertz CT molecular complexity index is 635. The molecule has 82 valence electrons. The quantitative estimate of drug-likeness (QED) is 0.454. The second-order valence-electron chi connectivity index (χ2n) is 4.01. The van der Waals surface area contributed by atoms with Gasteiger partial charge in [0.1, 0.15) is 6.33 Å². The maximum atomic E-state index is 4.34. The Balaban J connectivity index is 2.14. The van der Waals surface area contributed by atoms with Gasteiger partial charge in [0, 0.05) is 5.56 Å². The number of imidazole rings is 1. The van der Waals surface area contributed by atoms with Crippen LogP contribution in [-0.2, 0) is 6.54 Å². The Morgan fingerprint density at radius 3 is 3.12 bits per heavy atom. The van der Waals surface area contributed by atoms with Crippen LogP contribution in [0, 0.1) is 0 Å². The van der Waals surface area contributed by atoms with Crippen molar-refractivity contribution in [3.8, 4) is 17.1 Å². The minimum absolute atomic E-state index is 0.698. The summed E-state index contributed by atoms with van der Waals surface area (Å²) >= 11 is 0. The van der Waals surface area contributed by atoms with Gasteiger partial charge in [-0.15, -0.1) is 0 Å². The molecule has 0 N–H and O–H groups in total. The molecule has 4 rings (SSSR count). The molecule has 0 fully saturated rings. The van der Waals surface area contributed by atoms with Gasteiger partial charge in [0.15, 0.2) is 5.82 Å². The summed E-state index contributed by atoms with van der Waals surface area (Å²) < 4.78 is 3.99.